The van der Waals surface area contributed by atoms with Gasteiger partial charge in [-0.15, -0.1) is 0 Å². The molecule has 1 aromatic heterocycles. The third kappa shape index (κ3) is 4.28. The van der Waals surface area contributed by atoms with Gasteiger partial charge >= 0.3 is 0 Å². The first-order valence-electron chi connectivity index (χ1n) is 15.7. The van der Waals surface area contributed by atoms with E-state index in [0.29, 0.717) is 5.92 Å². The molecule has 0 radical (unpaired) electrons. The fourth-order valence-corrected chi connectivity index (χ4v) is 7.06. The fourth-order valence-electron chi connectivity index (χ4n) is 7.06. The summed E-state index contributed by atoms with van der Waals surface area (Å²) in [5.41, 5.74) is 12.2. The molecule has 9 rings (SSSR count). The highest BCUT2D eigenvalue weighted by Gasteiger charge is 2.42. The van der Waals surface area contributed by atoms with Gasteiger partial charge in [0.15, 0.2) is 6.10 Å². The van der Waals surface area contributed by atoms with E-state index in [2.05, 4.69) is 145 Å². The van der Waals surface area contributed by atoms with Crippen LogP contribution in [0.2, 0.25) is 0 Å². The minimum Gasteiger partial charge on any atom is -0.483 e. The van der Waals surface area contributed by atoms with Crippen LogP contribution in [0.25, 0.3) is 39.2 Å². The third-order valence-electron chi connectivity index (χ3n) is 9.34. The second-order valence-electron chi connectivity index (χ2n) is 12.2. The van der Waals surface area contributed by atoms with Crippen LogP contribution in [0.1, 0.15) is 36.0 Å². The summed E-state index contributed by atoms with van der Waals surface area (Å²) in [5.74, 6) is 2.59. The molecule has 3 aliphatic rings. The van der Waals surface area contributed by atoms with Crippen LogP contribution >= 0.6 is 0 Å². The van der Waals surface area contributed by atoms with Crippen molar-refractivity contribution < 1.29 is 4.74 Å². The summed E-state index contributed by atoms with van der Waals surface area (Å²) < 4.78 is 8.88. The number of aliphatic imine (C=N–C) groups is 1. The van der Waals surface area contributed by atoms with E-state index in [1.807, 2.05) is 6.07 Å². The van der Waals surface area contributed by atoms with E-state index < -0.39 is 0 Å². The van der Waals surface area contributed by atoms with Crippen molar-refractivity contribution in [3.8, 4) is 28.3 Å². The molecular weight excluding hydrogens is 550 g/mol. The number of ether oxygens (including phenoxy) is 1. The lowest BCUT2D eigenvalue weighted by Gasteiger charge is -2.27. The molecule has 2 aliphatic heterocycles. The maximum atomic E-state index is 6.59. The molecule has 0 N–H and O–H groups in total. The van der Waals surface area contributed by atoms with E-state index in [-0.39, 0.29) is 12.0 Å². The maximum Gasteiger partial charge on any atom is 0.152 e. The van der Waals surface area contributed by atoms with Gasteiger partial charge in [0.25, 0.3) is 0 Å². The Morgan fingerprint density at radius 3 is 2.33 bits per heavy atom. The molecule has 45 heavy (non-hydrogen) atoms. The summed E-state index contributed by atoms with van der Waals surface area (Å²) in [5, 5.41) is 0. The van der Waals surface area contributed by atoms with Crippen molar-refractivity contribution in [2.24, 2.45) is 10.9 Å². The lowest BCUT2D eigenvalue weighted by molar-refractivity contribution is 0.285. The van der Waals surface area contributed by atoms with E-state index in [9.17, 15) is 0 Å². The Bertz CT molecular complexity index is 2200. The predicted octanol–water partition coefficient (Wildman–Crippen LogP) is 9.83. The van der Waals surface area contributed by atoms with Gasteiger partial charge < -0.3 is 4.74 Å². The van der Waals surface area contributed by atoms with E-state index in [0.717, 1.165) is 62.7 Å². The molecule has 0 saturated heterocycles. The smallest absolute Gasteiger partial charge is 0.152 e. The first-order chi connectivity index (χ1) is 22.2. The number of hydrogen-bond donors (Lipinski definition) is 0. The van der Waals surface area contributed by atoms with Crippen molar-refractivity contribution in [2.75, 3.05) is 0 Å². The number of fused-ring (bicyclic) bond motifs is 6. The van der Waals surface area contributed by atoms with Gasteiger partial charge in [-0.25, -0.2) is 9.98 Å². The van der Waals surface area contributed by atoms with Crippen LogP contribution in [-0.4, -0.2) is 21.4 Å². The third-order valence-corrected chi connectivity index (χ3v) is 9.34. The molecule has 4 nitrogen and oxygen atoms in total. The average Bonchev–Trinajstić information content (AvgIpc) is 3.68. The highest BCUT2D eigenvalue weighted by molar-refractivity contribution is 6.09. The van der Waals surface area contributed by atoms with Crippen molar-refractivity contribution in [3.05, 3.63) is 156 Å². The predicted molar refractivity (Wildman–Crippen MR) is 183 cm³/mol. The molecule has 3 atom stereocenters. The van der Waals surface area contributed by atoms with Crippen LogP contribution in [0.3, 0.4) is 0 Å². The molecule has 3 heterocycles. The highest BCUT2D eigenvalue weighted by atomic mass is 16.5. The minimum absolute atomic E-state index is 0.129. The van der Waals surface area contributed by atoms with Crippen LogP contribution in [0.15, 0.2) is 145 Å². The molecule has 0 saturated carbocycles. The SMILES string of the molecule is CC1C=CC(n2c(-c3ccc(-c4cccc(C5=Nc6ccccc6C6c7ccccc7OC56)c4)cc3)nc3ccccc32)=CC1. The molecular formula is C41H31N3O. The van der Waals surface area contributed by atoms with E-state index in [1.165, 1.54) is 16.8 Å². The van der Waals surface area contributed by atoms with Gasteiger partial charge in [-0.05, 0) is 65.4 Å². The summed E-state index contributed by atoms with van der Waals surface area (Å²) in [4.78, 5) is 10.3. The van der Waals surface area contributed by atoms with Gasteiger partial charge in [0.05, 0.1) is 28.4 Å². The quantitative estimate of drug-likeness (QED) is 0.208. The van der Waals surface area contributed by atoms with Crippen molar-refractivity contribution in [3.63, 3.8) is 0 Å². The Labute approximate surface area is 262 Å². The van der Waals surface area contributed by atoms with Crippen molar-refractivity contribution in [1.29, 1.82) is 0 Å². The fraction of sp³-hybridized carbons (Fsp3) is 0.122. The number of allylic oxidation sites excluding steroid dienone is 4. The minimum atomic E-state index is -0.158. The topological polar surface area (TPSA) is 39.4 Å². The average molecular weight is 582 g/mol. The van der Waals surface area contributed by atoms with Crippen molar-refractivity contribution >= 4 is 28.1 Å². The summed E-state index contributed by atoms with van der Waals surface area (Å²) in [6, 6.07) is 42.7. The zero-order valence-electron chi connectivity index (χ0n) is 25.0. The summed E-state index contributed by atoms with van der Waals surface area (Å²) >= 11 is 0. The molecule has 0 bridgehead atoms. The second kappa shape index (κ2) is 10.3. The summed E-state index contributed by atoms with van der Waals surface area (Å²) in [7, 11) is 0. The first-order valence-corrected chi connectivity index (χ1v) is 15.7. The van der Waals surface area contributed by atoms with Gasteiger partial charge in [0, 0.05) is 22.4 Å². The van der Waals surface area contributed by atoms with E-state index >= 15 is 0 Å². The van der Waals surface area contributed by atoms with Gasteiger partial charge in [-0.2, -0.15) is 0 Å². The number of hydrogen-bond acceptors (Lipinski definition) is 3. The number of para-hydroxylation sites is 4. The van der Waals surface area contributed by atoms with Crippen LogP contribution < -0.4 is 4.74 Å². The monoisotopic (exact) mass is 581 g/mol. The van der Waals surface area contributed by atoms with Crippen LogP contribution in [0.5, 0.6) is 5.75 Å². The maximum absolute atomic E-state index is 6.59. The van der Waals surface area contributed by atoms with Crippen molar-refractivity contribution in [1.82, 2.24) is 9.55 Å². The van der Waals surface area contributed by atoms with Gasteiger partial charge in [0.1, 0.15) is 11.6 Å². The van der Waals surface area contributed by atoms with Crippen molar-refractivity contribution in [2.45, 2.75) is 25.4 Å². The molecule has 0 fully saturated rings. The molecule has 6 aromatic rings. The largest absolute Gasteiger partial charge is 0.483 e. The Morgan fingerprint density at radius 1 is 0.711 bits per heavy atom. The molecule has 3 unspecified atom stereocenters. The zero-order chi connectivity index (χ0) is 29.9. The Morgan fingerprint density at radius 2 is 1.47 bits per heavy atom. The normalized spacial score (nSPS) is 19.7. The van der Waals surface area contributed by atoms with E-state index in [1.54, 1.807) is 0 Å². The lowest BCUT2D eigenvalue weighted by Crippen LogP contribution is -2.33. The summed E-state index contributed by atoms with van der Waals surface area (Å²) in [6.45, 7) is 2.25. The Kier molecular flexibility index (Phi) is 5.95. The number of aromatic nitrogens is 2. The molecule has 1 aliphatic carbocycles. The molecule has 0 spiro atoms. The molecule has 216 valence electrons. The molecule has 0 amide bonds. The number of rotatable bonds is 4. The zero-order valence-corrected chi connectivity index (χ0v) is 25.0. The molecule has 4 heteroatoms. The number of imidazole rings is 1. The summed E-state index contributed by atoms with van der Waals surface area (Å²) in [6.07, 6.45) is 7.72. The second-order valence-corrected chi connectivity index (χ2v) is 12.2. The standard InChI is InChI=1S/C41H31N3O/c1-26-17-23-31(24-18-26)44-36-15-6-5-14-35(36)43-41(44)28-21-19-27(20-22-28)29-9-8-10-30(25-29)39-40-38(32-11-2-4-13-34(32)42-39)33-12-3-7-16-37(33)45-40/h2-17,19-26,38,40H,18H2,1H3. The van der Waals surface area contributed by atoms with Crippen LogP contribution in [-0.2, 0) is 0 Å². The Balaban J connectivity index is 1.09. The van der Waals surface area contributed by atoms with Gasteiger partial charge in [0.2, 0.25) is 0 Å². The Hall–Kier alpha value is -5.48. The van der Waals surface area contributed by atoms with Gasteiger partial charge in [-0.3, -0.25) is 4.57 Å². The first kappa shape index (κ1) is 26.0. The van der Waals surface area contributed by atoms with Gasteiger partial charge in [-0.1, -0.05) is 110 Å². The van der Waals surface area contributed by atoms with Crippen LogP contribution in [0, 0.1) is 5.92 Å². The highest BCUT2D eigenvalue weighted by Crippen LogP contribution is 2.49. The number of benzene rings is 5. The number of nitrogens with zero attached hydrogens (tertiary/aromatic N) is 3. The lowest BCUT2D eigenvalue weighted by atomic mass is 9.81. The van der Waals surface area contributed by atoms with Crippen LogP contribution in [0.4, 0.5) is 5.69 Å². The molecule has 5 aromatic carbocycles. The van der Waals surface area contributed by atoms with E-state index in [4.69, 9.17) is 14.7 Å².